The zero-order valence-electron chi connectivity index (χ0n) is 12.3. The SMILES string of the molecule is Nc1cc(-c2[nH]c3cc(Cl)cnc3c2-c2ccc(F)cn2)ccn1. The predicted octanol–water partition coefficient (Wildman–Crippen LogP) is 4.06. The van der Waals surface area contributed by atoms with E-state index in [9.17, 15) is 4.39 Å². The van der Waals surface area contributed by atoms with Gasteiger partial charge in [0.2, 0.25) is 0 Å². The fourth-order valence-electron chi connectivity index (χ4n) is 2.64. The number of pyridine rings is 3. The molecule has 0 fully saturated rings. The number of hydrogen-bond donors (Lipinski definition) is 2. The van der Waals surface area contributed by atoms with Gasteiger partial charge in [0, 0.05) is 18.0 Å². The monoisotopic (exact) mass is 339 g/mol. The number of anilines is 1. The van der Waals surface area contributed by atoms with Crippen molar-refractivity contribution in [2.24, 2.45) is 0 Å². The summed E-state index contributed by atoms with van der Waals surface area (Å²) in [5.74, 6) is -0.000497. The van der Waals surface area contributed by atoms with Crippen LogP contribution in [0.2, 0.25) is 5.02 Å². The molecular formula is C17H11ClFN5. The van der Waals surface area contributed by atoms with Crippen molar-refractivity contribution in [3.05, 3.63) is 59.8 Å². The maximum Gasteiger partial charge on any atom is 0.141 e. The Morgan fingerprint density at radius 1 is 1.04 bits per heavy atom. The van der Waals surface area contributed by atoms with Gasteiger partial charge in [-0.25, -0.2) is 9.37 Å². The summed E-state index contributed by atoms with van der Waals surface area (Å²) in [7, 11) is 0. The Kier molecular flexibility index (Phi) is 3.39. The van der Waals surface area contributed by atoms with Gasteiger partial charge in [0.05, 0.1) is 39.2 Å². The zero-order chi connectivity index (χ0) is 16.7. The van der Waals surface area contributed by atoms with Crippen LogP contribution in [0.25, 0.3) is 33.5 Å². The van der Waals surface area contributed by atoms with Crippen molar-refractivity contribution in [3.63, 3.8) is 0 Å². The van der Waals surface area contributed by atoms with Crippen LogP contribution in [0.5, 0.6) is 0 Å². The number of H-pyrrole nitrogens is 1. The van der Waals surface area contributed by atoms with Gasteiger partial charge in [0.25, 0.3) is 0 Å². The highest BCUT2D eigenvalue weighted by Gasteiger charge is 2.18. The molecule has 4 rings (SSSR count). The molecule has 0 amide bonds. The molecule has 118 valence electrons. The Morgan fingerprint density at radius 3 is 2.67 bits per heavy atom. The first kappa shape index (κ1) is 14.6. The summed E-state index contributed by atoms with van der Waals surface area (Å²) >= 11 is 6.04. The van der Waals surface area contributed by atoms with E-state index in [-0.39, 0.29) is 0 Å². The molecule has 0 aromatic carbocycles. The van der Waals surface area contributed by atoms with Gasteiger partial charge in [-0.2, -0.15) is 0 Å². The summed E-state index contributed by atoms with van der Waals surface area (Å²) in [6.45, 7) is 0. The number of halogens is 2. The highest BCUT2D eigenvalue weighted by molar-refractivity contribution is 6.31. The van der Waals surface area contributed by atoms with E-state index in [1.54, 1.807) is 30.6 Å². The van der Waals surface area contributed by atoms with Gasteiger partial charge in [-0.1, -0.05) is 11.6 Å². The van der Waals surface area contributed by atoms with Crippen LogP contribution >= 0.6 is 11.6 Å². The van der Waals surface area contributed by atoms with E-state index in [2.05, 4.69) is 19.9 Å². The Hall–Kier alpha value is -2.99. The molecule has 0 aliphatic heterocycles. The van der Waals surface area contributed by atoms with Gasteiger partial charge >= 0.3 is 0 Å². The quantitative estimate of drug-likeness (QED) is 0.577. The van der Waals surface area contributed by atoms with Gasteiger partial charge in [0.15, 0.2) is 0 Å². The molecule has 0 aliphatic rings. The minimum Gasteiger partial charge on any atom is -0.384 e. The molecule has 0 atom stereocenters. The Morgan fingerprint density at radius 2 is 1.92 bits per heavy atom. The van der Waals surface area contributed by atoms with Crippen LogP contribution in [0.15, 0.2) is 48.9 Å². The van der Waals surface area contributed by atoms with Crippen molar-refractivity contribution >= 4 is 28.5 Å². The average Bonchev–Trinajstić information content (AvgIpc) is 2.94. The van der Waals surface area contributed by atoms with Crippen LogP contribution < -0.4 is 5.73 Å². The van der Waals surface area contributed by atoms with E-state index in [4.69, 9.17) is 17.3 Å². The van der Waals surface area contributed by atoms with Crippen molar-refractivity contribution in [1.29, 1.82) is 0 Å². The fraction of sp³-hybridized carbons (Fsp3) is 0. The molecule has 0 bridgehead atoms. The number of aromatic nitrogens is 4. The van der Waals surface area contributed by atoms with Crippen molar-refractivity contribution in [1.82, 2.24) is 19.9 Å². The average molecular weight is 340 g/mol. The lowest BCUT2D eigenvalue weighted by atomic mass is 10.1. The van der Waals surface area contributed by atoms with Crippen molar-refractivity contribution in [3.8, 4) is 22.5 Å². The number of nitrogens with one attached hydrogen (secondary N) is 1. The summed E-state index contributed by atoms with van der Waals surface area (Å²) < 4.78 is 13.2. The van der Waals surface area contributed by atoms with Crippen LogP contribution in [-0.2, 0) is 0 Å². The number of rotatable bonds is 2. The summed E-state index contributed by atoms with van der Waals surface area (Å²) in [5.41, 5.74) is 10.2. The number of aromatic amines is 1. The van der Waals surface area contributed by atoms with Gasteiger partial charge in [0.1, 0.15) is 11.6 Å². The van der Waals surface area contributed by atoms with E-state index >= 15 is 0 Å². The Labute approximate surface area is 141 Å². The first-order valence-electron chi connectivity index (χ1n) is 7.13. The van der Waals surface area contributed by atoms with Crippen molar-refractivity contribution in [2.75, 3.05) is 5.73 Å². The minimum atomic E-state index is -0.399. The highest BCUT2D eigenvalue weighted by Crippen LogP contribution is 2.37. The molecule has 0 unspecified atom stereocenters. The van der Waals surface area contributed by atoms with Crippen LogP contribution in [-0.4, -0.2) is 19.9 Å². The van der Waals surface area contributed by atoms with Gasteiger partial charge in [-0.05, 0) is 30.3 Å². The first-order valence-corrected chi connectivity index (χ1v) is 7.50. The second kappa shape index (κ2) is 5.58. The minimum absolute atomic E-state index is 0.398. The zero-order valence-corrected chi connectivity index (χ0v) is 13.0. The number of fused-ring (bicyclic) bond motifs is 1. The van der Waals surface area contributed by atoms with Crippen LogP contribution in [0, 0.1) is 5.82 Å². The fourth-order valence-corrected chi connectivity index (χ4v) is 2.80. The third kappa shape index (κ3) is 2.47. The molecule has 0 saturated carbocycles. The maximum absolute atomic E-state index is 13.2. The molecule has 4 heterocycles. The normalized spacial score (nSPS) is 11.1. The molecule has 4 aromatic rings. The van der Waals surface area contributed by atoms with Gasteiger partial charge < -0.3 is 10.7 Å². The third-order valence-corrected chi connectivity index (χ3v) is 3.86. The number of nitrogen functional groups attached to an aromatic ring is 1. The van der Waals surface area contributed by atoms with E-state index in [1.165, 1.54) is 12.3 Å². The van der Waals surface area contributed by atoms with Crippen LogP contribution in [0.3, 0.4) is 0 Å². The first-order chi connectivity index (χ1) is 11.6. The number of hydrogen-bond acceptors (Lipinski definition) is 4. The molecular weight excluding hydrogens is 329 g/mol. The summed E-state index contributed by atoms with van der Waals surface area (Å²) in [6.07, 6.45) is 4.36. The molecule has 5 nitrogen and oxygen atoms in total. The number of nitrogens with two attached hydrogens (primary N) is 1. The van der Waals surface area contributed by atoms with Crippen molar-refractivity contribution in [2.45, 2.75) is 0 Å². The lowest BCUT2D eigenvalue weighted by molar-refractivity contribution is 0.622. The molecule has 4 aromatic heterocycles. The smallest absolute Gasteiger partial charge is 0.141 e. The summed E-state index contributed by atoms with van der Waals surface area (Å²) in [6, 6.07) is 8.34. The molecule has 7 heteroatoms. The molecule has 24 heavy (non-hydrogen) atoms. The Balaban J connectivity index is 2.05. The van der Waals surface area contributed by atoms with E-state index in [1.807, 2.05) is 6.07 Å². The molecule has 0 aliphatic carbocycles. The van der Waals surface area contributed by atoms with Gasteiger partial charge in [-0.3, -0.25) is 9.97 Å². The second-order valence-corrected chi connectivity index (χ2v) is 5.69. The lowest BCUT2D eigenvalue weighted by Crippen LogP contribution is -1.91. The van der Waals surface area contributed by atoms with E-state index in [0.29, 0.717) is 22.1 Å². The largest absolute Gasteiger partial charge is 0.384 e. The maximum atomic E-state index is 13.2. The lowest BCUT2D eigenvalue weighted by Gasteiger charge is -2.05. The van der Waals surface area contributed by atoms with E-state index < -0.39 is 5.82 Å². The molecule has 3 N–H and O–H groups in total. The topological polar surface area (TPSA) is 80.5 Å². The summed E-state index contributed by atoms with van der Waals surface area (Å²) in [5, 5.41) is 0.517. The third-order valence-electron chi connectivity index (χ3n) is 3.65. The van der Waals surface area contributed by atoms with Crippen molar-refractivity contribution < 1.29 is 4.39 Å². The van der Waals surface area contributed by atoms with Gasteiger partial charge in [-0.15, -0.1) is 0 Å². The van der Waals surface area contributed by atoms with Crippen LogP contribution in [0.1, 0.15) is 0 Å². The van der Waals surface area contributed by atoms with Crippen LogP contribution in [0.4, 0.5) is 10.2 Å². The number of nitrogens with zero attached hydrogens (tertiary/aromatic N) is 3. The molecule has 0 spiro atoms. The van der Waals surface area contributed by atoms with E-state index in [0.717, 1.165) is 22.3 Å². The Bertz CT molecular complexity index is 1040. The standard InChI is InChI=1S/C17H11ClFN5/c18-10-6-13-17(23-7-10)15(12-2-1-11(19)8-22-12)16(24-13)9-3-4-21-14(20)5-9/h1-8,24H,(H2,20,21). The summed E-state index contributed by atoms with van der Waals surface area (Å²) in [4.78, 5) is 15.9. The second-order valence-electron chi connectivity index (χ2n) is 5.26. The molecule has 0 radical (unpaired) electrons. The molecule has 0 saturated heterocycles. The highest BCUT2D eigenvalue weighted by atomic mass is 35.5. The predicted molar refractivity (Wildman–Crippen MR) is 91.9 cm³/mol.